The molecule has 8 heteroatoms. The van der Waals surface area contributed by atoms with Gasteiger partial charge in [0.25, 0.3) is 0 Å². The number of ether oxygens (including phenoxy) is 3. The Hall–Kier alpha value is -2.97. The summed E-state index contributed by atoms with van der Waals surface area (Å²) in [5.41, 5.74) is 0. The number of nitrogens with zero attached hydrogens (tertiary/aromatic N) is 1. The van der Waals surface area contributed by atoms with E-state index in [1.807, 2.05) is 36.5 Å². The minimum absolute atomic E-state index is 0.0322. The second-order valence-electron chi connectivity index (χ2n) is 17.8. The van der Waals surface area contributed by atoms with Gasteiger partial charge in [-0.25, -0.2) is 0 Å². The molecule has 0 spiro atoms. The summed E-state index contributed by atoms with van der Waals surface area (Å²) in [7, 11) is 5.40. The topological polar surface area (TPSA) is 102 Å². The second kappa shape index (κ2) is 43.7. The Balaban J connectivity index is 4.31. The molecule has 0 heterocycles. The van der Waals surface area contributed by atoms with E-state index in [9.17, 15) is 19.5 Å². The molecule has 0 aliphatic heterocycles. The van der Waals surface area contributed by atoms with Crippen LogP contribution in [-0.2, 0) is 28.6 Å². The highest BCUT2D eigenvalue weighted by Gasteiger charge is 2.25. The van der Waals surface area contributed by atoms with Crippen LogP contribution in [-0.4, -0.2) is 75.5 Å². The van der Waals surface area contributed by atoms with Gasteiger partial charge in [0.1, 0.15) is 12.6 Å². The maximum Gasteiger partial charge on any atom is 0.306 e. The number of unbranched alkanes of at least 4 members (excludes halogenated alkanes) is 24. The Morgan fingerprint density at radius 1 is 0.492 bits per heavy atom. The molecule has 8 nitrogen and oxygen atoms in total. The number of esters is 2. The number of rotatable bonds is 44. The zero-order valence-electron chi connectivity index (χ0n) is 40.1. The summed E-state index contributed by atoms with van der Waals surface area (Å²) in [5, 5.41) is 11.7. The summed E-state index contributed by atoms with van der Waals surface area (Å²) < 4.78 is 17.2. The van der Waals surface area contributed by atoms with Crippen molar-refractivity contribution < 1.29 is 38.2 Å². The third kappa shape index (κ3) is 42.1. The summed E-state index contributed by atoms with van der Waals surface area (Å²) >= 11 is 0. The Morgan fingerprint density at radius 2 is 0.902 bits per heavy atom. The number of carbonyl (C=O) groups excluding carboxylic acids is 3. The lowest BCUT2D eigenvalue weighted by molar-refractivity contribution is -0.889. The number of allylic oxidation sites excluding steroid dienone is 10. The Labute approximate surface area is 375 Å². The number of aliphatic carboxylic acids is 1. The first kappa shape index (κ1) is 58.0. The smallest absolute Gasteiger partial charge is 0.306 e. The number of carboxylic acids is 1. The fourth-order valence-corrected chi connectivity index (χ4v) is 7.16. The molecule has 0 aromatic heterocycles. The highest BCUT2D eigenvalue weighted by Crippen LogP contribution is 2.16. The number of hydrogen-bond donors (Lipinski definition) is 0. The van der Waals surface area contributed by atoms with Gasteiger partial charge in [-0.15, -0.1) is 0 Å². The second-order valence-corrected chi connectivity index (χ2v) is 17.8. The highest BCUT2D eigenvalue weighted by molar-refractivity contribution is 5.70. The van der Waals surface area contributed by atoms with E-state index >= 15 is 0 Å². The fraction of sp³-hybridized carbons (Fsp3) is 0.755. The van der Waals surface area contributed by atoms with Crippen LogP contribution in [0.5, 0.6) is 0 Å². The molecule has 0 rings (SSSR count). The summed E-state index contributed by atoms with van der Waals surface area (Å²) in [5.74, 6) is -1.76. The average molecular weight is 856 g/mol. The molecule has 0 fully saturated rings. The minimum Gasteiger partial charge on any atom is -0.544 e. The standard InChI is InChI=1S/C53H93NO7/c1-6-8-10-12-14-16-18-20-22-24-26-28-30-32-34-36-38-40-42-44-52(56)61-49(47-59-46-45-50(53(57)58)54(3,4)5)48-60-51(55)43-41-39-37-35-33-31-29-27-25-23-21-19-17-15-13-11-9-7-2/h11,13,15,17,19,21,23,25,27,29,49-50H,6-10,12,14,16,18,20,22,24,26,28,30-48H2,1-5H3/b13-11+,17-15+,21-19+,25-23+,29-27+. The molecule has 352 valence electrons. The van der Waals surface area contributed by atoms with E-state index in [0.717, 1.165) is 64.2 Å². The Bertz CT molecular complexity index is 1180. The molecular formula is C53H93NO7. The monoisotopic (exact) mass is 856 g/mol. The molecule has 2 atom stereocenters. The predicted molar refractivity (Wildman–Crippen MR) is 254 cm³/mol. The lowest BCUT2D eigenvalue weighted by Gasteiger charge is -2.34. The quantitative estimate of drug-likeness (QED) is 0.0260. The van der Waals surface area contributed by atoms with Crippen LogP contribution < -0.4 is 5.11 Å². The van der Waals surface area contributed by atoms with Crippen LogP contribution >= 0.6 is 0 Å². The van der Waals surface area contributed by atoms with Crippen molar-refractivity contribution in [1.29, 1.82) is 0 Å². The van der Waals surface area contributed by atoms with Gasteiger partial charge < -0.3 is 28.6 Å². The summed E-state index contributed by atoms with van der Waals surface area (Å²) in [4.78, 5) is 37.0. The summed E-state index contributed by atoms with van der Waals surface area (Å²) in [6, 6.07) is -0.731. The molecule has 0 N–H and O–H groups in total. The molecule has 2 unspecified atom stereocenters. The molecule has 61 heavy (non-hydrogen) atoms. The van der Waals surface area contributed by atoms with Crippen molar-refractivity contribution in [3.05, 3.63) is 60.8 Å². The van der Waals surface area contributed by atoms with Gasteiger partial charge in [0.2, 0.25) is 0 Å². The van der Waals surface area contributed by atoms with Gasteiger partial charge in [0.05, 0.1) is 40.3 Å². The van der Waals surface area contributed by atoms with Gasteiger partial charge in [-0.3, -0.25) is 9.59 Å². The average Bonchev–Trinajstić information content (AvgIpc) is 3.22. The number of hydrogen-bond acceptors (Lipinski definition) is 7. The number of carboxylic acid groups (broad SMARTS) is 1. The summed E-state index contributed by atoms with van der Waals surface area (Å²) in [6.07, 6.45) is 53.8. The maximum absolute atomic E-state index is 12.8. The van der Waals surface area contributed by atoms with Crippen LogP contribution in [0.1, 0.15) is 206 Å². The van der Waals surface area contributed by atoms with Crippen molar-refractivity contribution in [1.82, 2.24) is 0 Å². The maximum atomic E-state index is 12.8. The van der Waals surface area contributed by atoms with Crippen LogP contribution in [0.2, 0.25) is 0 Å². The molecule has 0 bridgehead atoms. The van der Waals surface area contributed by atoms with Crippen molar-refractivity contribution in [3.8, 4) is 0 Å². The molecule has 0 saturated carbocycles. The Kier molecular flexibility index (Phi) is 41.5. The zero-order chi connectivity index (χ0) is 44.9. The molecule has 0 aliphatic carbocycles. The van der Waals surface area contributed by atoms with E-state index in [1.165, 1.54) is 109 Å². The van der Waals surface area contributed by atoms with Crippen molar-refractivity contribution in [2.24, 2.45) is 0 Å². The van der Waals surface area contributed by atoms with Gasteiger partial charge in [0, 0.05) is 19.3 Å². The van der Waals surface area contributed by atoms with E-state index < -0.39 is 18.1 Å². The van der Waals surface area contributed by atoms with Gasteiger partial charge in [-0.2, -0.15) is 0 Å². The first-order valence-corrected chi connectivity index (χ1v) is 24.9. The molecule has 0 radical (unpaired) electrons. The van der Waals surface area contributed by atoms with Crippen LogP contribution in [0.25, 0.3) is 0 Å². The third-order valence-electron chi connectivity index (χ3n) is 11.0. The lowest BCUT2D eigenvalue weighted by atomic mass is 10.0. The molecular weight excluding hydrogens is 763 g/mol. The van der Waals surface area contributed by atoms with Crippen molar-refractivity contribution in [2.75, 3.05) is 41.0 Å². The minimum atomic E-state index is -1.13. The molecule has 0 aliphatic rings. The van der Waals surface area contributed by atoms with Gasteiger partial charge in [-0.05, 0) is 32.1 Å². The fourth-order valence-electron chi connectivity index (χ4n) is 7.16. The van der Waals surface area contributed by atoms with Gasteiger partial charge in [0.15, 0.2) is 6.10 Å². The SMILES string of the molecule is CCC/C=C/C=C/C=C/C=C/C=C/CCCCCCCC(=O)OCC(COCCC(C(=O)[O-])[N+](C)(C)C)OC(=O)CCCCCCCCCCCCCCCCCCCCC. The highest BCUT2D eigenvalue weighted by atomic mass is 16.6. The van der Waals surface area contributed by atoms with Gasteiger partial charge in [-0.1, -0.05) is 216 Å². The van der Waals surface area contributed by atoms with Crippen LogP contribution in [0.15, 0.2) is 60.8 Å². The van der Waals surface area contributed by atoms with E-state index in [-0.39, 0.29) is 42.7 Å². The first-order chi connectivity index (χ1) is 29.6. The third-order valence-corrected chi connectivity index (χ3v) is 11.0. The number of likely N-dealkylation sites (N-methyl/N-ethyl adjacent to an activating group) is 1. The normalized spacial score (nSPS) is 13.4. The van der Waals surface area contributed by atoms with E-state index in [0.29, 0.717) is 12.8 Å². The van der Waals surface area contributed by atoms with Gasteiger partial charge >= 0.3 is 11.9 Å². The molecule has 0 amide bonds. The predicted octanol–water partition coefficient (Wildman–Crippen LogP) is 12.8. The van der Waals surface area contributed by atoms with Crippen LogP contribution in [0, 0.1) is 0 Å². The molecule has 0 aromatic rings. The lowest BCUT2D eigenvalue weighted by Crippen LogP contribution is -2.55. The van der Waals surface area contributed by atoms with Crippen molar-refractivity contribution in [2.45, 2.75) is 219 Å². The first-order valence-electron chi connectivity index (χ1n) is 24.9. The van der Waals surface area contributed by atoms with Crippen molar-refractivity contribution >= 4 is 17.9 Å². The Morgan fingerprint density at radius 3 is 1.34 bits per heavy atom. The largest absolute Gasteiger partial charge is 0.544 e. The van der Waals surface area contributed by atoms with Crippen molar-refractivity contribution in [3.63, 3.8) is 0 Å². The molecule has 0 aromatic carbocycles. The number of carbonyl (C=O) groups is 3. The van der Waals surface area contributed by atoms with Crippen LogP contribution in [0.4, 0.5) is 0 Å². The van der Waals surface area contributed by atoms with E-state index in [1.54, 1.807) is 21.1 Å². The van der Waals surface area contributed by atoms with E-state index in [2.05, 4.69) is 38.2 Å². The zero-order valence-corrected chi connectivity index (χ0v) is 40.1. The number of quaternary nitrogens is 1. The molecule has 0 saturated heterocycles. The van der Waals surface area contributed by atoms with Crippen LogP contribution in [0.3, 0.4) is 0 Å². The van der Waals surface area contributed by atoms with E-state index in [4.69, 9.17) is 14.2 Å². The summed E-state index contributed by atoms with van der Waals surface area (Å²) in [6.45, 7) is 4.57.